The van der Waals surface area contributed by atoms with E-state index in [1.807, 2.05) is 6.92 Å². The van der Waals surface area contributed by atoms with Crippen molar-refractivity contribution in [1.29, 1.82) is 0 Å². The maximum absolute atomic E-state index is 4.34. The highest BCUT2D eigenvalue weighted by molar-refractivity contribution is 5.39. The van der Waals surface area contributed by atoms with Crippen molar-refractivity contribution in [3.8, 4) is 0 Å². The number of hydrogen-bond donors (Lipinski definition) is 0. The third-order valence-electron chi connectivity index (χ3n) is 4.92. The Labute approximate surface area is 131 Å². The van der Waals surface area contributed by atoms with Crippen molar-refractivity contribution >= 4 is 5.82 Å². The lowest BCUT2D eigenvalue weighted by molar-refractivity contribution is 0.309. The lowest BCUT2D eigenvalue weighted by atomic mass is 10.0. The van der Waals surface area contributed by atoms with E-state index in [9.17, 15) is 0 Å². The first-order valence-corrected chi connectivity index (χ1v) is 8.09. The van der Waals surface area contributed by atoms with Gasteiger partial charge in [0.05, 0.1) is 5.69 Å². The molecule has 2 aliphatic rings. The topological polar surface area (TPSA) is 32.3 Å². The van der Waals surface area contributed by atoms with Crippen LogP contribution >= 0.6 is 0 Å². The summed E-state index contributed by atoms with van der Waals surface area (Å²) in [6.07, 6.45) is 0. The van der Waals surface area contributed by atoms with E-state index in [1.165, 1.54) is 18.7 Å². The summed E-state index contributed by atoms with van der Waals surface area (Å²) in [5.41, 5.74) is 2.40. The van der Waals surface area contributed by atoms with Gasteiger partial charge in [-0.2, -0.15) is 5.10 Å². The Hall–Kier alpha value is -1.94. The smallest absolute Gasteiger partial charge is 0.151 e. The van der Waals surface area contributed by atoms with Crippen molar-refractivity contribution in [2.24, 2.45) is 11.8 Å². The number of aryl methyl sites for hydroxylation is 1. The Bertz CT molecular complexity index is 611. The molecule has 2 aliphatic heterocycles. The first kappa shape index (κ1) is 13.7. The number of hydrogen-bond acceptors (Lipinski definition) is 4. The monoisotopic (exact) mass is 294 g/mol. The Balaban J connectivity index is 1.37. The normalized spacial score (nSPS) is 24.7. The first-order chi connectivity index (χ1) is 10.8. The Morgan fingerprint density at radius 3 is 2.27 bits per heavy atom. The molecule has 4 rings (SSSR count). The molecule has 1 aromatic carbocycles. The molecule has 114 valence electrons. The van der Waals surface area contributed by atoms with Crippen LogP contribution in [0.4, 0.5) is 5.82 Å². The number of nitrogens with zero attached hydrogens (tertiary/aromatic N) is 4. The van der Waals surface area contributed by atoms with E-state index in [0.29, 0.717) is 0 Å². The molecule has 4 heteroatoms. The molecule has 0 amide bonds. The van der Waals surface area contributed by atoms with Crippen molar-refractivity contribution in [3.63, 3.8) is 0 Å². The summed E-state index contributed by atoms with van der Waals surface area (Å²) in [6, 6.07) is 14.9. The third-order valence-corrected chi connectivity index (χ3v) is 4.92. The Morgan fingerprint density at radius 2 is 1.64 bits per heavy atom. The van der Waals surface area contributed by atoms with Gasteiger partial charge in [-0.15, -0.1) is 5.10 Å². The molecule has 3 heterocycles. The molecule has 22 heavy (non-hydrogen) atoms. The molecule has 0 spiro atoms. The molecule has 2 atom stereocenters. The zero-order valence-electron chi connectivity index (χ0n) is 13.0. The van der Waals surface area contributed by atoms with Crippen molar-refractivity contribution in [2.45, 2.75) is 13.5 Å². The van der Waals surface area contributed by atoms with Gasteiger partial charge in [0.25, 0.3) is 0 Å². The number of likely N-dealkylation sites (tertiary alicyclic amines) is 1. The van der Waals surface area contributed by atoms with Crippen LogP contribution in [0.3, 0.4) is 0 Å². The molecule has 2 saturated heterocycles. The van der Waals surface area contributed by atoms with Gasteiger partial charge in [-0.05, 0) is 36.5 Å². The average Bonchev–Trinajstić information content (AvgIpc) is 3.07. The van der Waals surface area contributed by atoms with E-state index in [0.717, 1.165) is 43.0 Å². The number of anilines is 1. The zero-order valence-corrected chi connectivity index (χ0v) is 13.0. The quantitative estimate of drug-likeness (QED) is 0.870. The predicted octanol–water partition coefficient (Wildman–Crippen LogP) is 2.35. The van der Waals surface area contributed by atoms with Crippen LogP contribution < -0.4 is 4.90 Å². The van der Waals surface area contributed by atoms with Crippen LogP contribution in [0.15, 0.2) is 42.5 Å². The van der Waals surface area contributed by atoms with Crippen molar-refractivity contribution in [3.05, 3.63) is 53.7 Å². The average molecular weight is 294 g/mol. The van der Waals surface area contributed by atoms with Gasteiger partial charge >= 0.3 is 0 Å². The van der Waals surface area contributed by atoms with Crippen LogP contribution in [-0.2, 0) is 6.54 Å². The largest absolute Gasteiger partial charge is 0.354 e. The van der Waals surface area contributed by atoms with Crippen LogP contribution in [0.5, 0.6) is 0 Å². The molecule has 0 N–H and O–H groups in total. The summed E-state index contributed by atoms with van der Waals surface area (Å²) in [4.78, 5) is 5.00. The molecule has 0 bridgehead atoms. The number of rotatable bonds is 3. The third kappa shape index (κ3) is 2.71. The van der Waals surface area contributed by atoms with Gasteiger partial charge in [-0.25, -0.2) is 0 Å². The zero-order chi connectivity index (χ0) is 14.9. The minimum atomic E-state index is 0.770. The lowest BCUT2D eigenvalue weighted by Gasteiger charge is -2.22. The second kappa shape index (κ2) is 5.69. The van der Waals surface area contributed by atoms with Gasteiger partial charge in [-0.1, -0.05) is 30.3 Å². The SMILES string of the molecule is Cc1ccc(N2C[C@H]3CN(Cc4ccccc4)C[C@H]3C2)nn1. The highest BCUT2D eigenvalue weighted by atomic mass is 15.3. The van der Waals surface area contributed by atoms with Crippen molar-refractivity contribution in [2.75, 3.05) is 31.1 Å². The molecule has 2 aromatic rings. The van der Waals surface area contributed by atoms with Gasteiger partial charge in [0, 0.05) is 32.7 Å². The van der Waals surface area contributed by atoms with Crippen LogP contribution in [0.1, 0.15) is 11.3 Å². The molecule has 2 fully saturated rings. The fourth-order valence-corrected chi connectivity index (χ4v) is 3.81. The molecule has 0 aliphatic carbocycles. The van der Waals surface area contributed by atoms with Crippen LogP contribution in [0, 0.1) is 18.8 Å². The molecular formula is C18H22N4. The number of aromatic nitrogens is 2. The lowest BCUT2D eigenvalue weighted by Crippen LogP contribution is -2.29. The van der Waals surface area contributed by atoms with Gasteiger partial charge in [0.2, 0.25) is 0 Å². The molecule has 0 unspecified atom stereocenters. The fraction of sp³-hybridized carbons (Fsp3) is 0.444. The molecule has 0 saturated carbocycles. The van der Waals surface area contributed by atoms with Crippen molar-refractivity contribution in [1.82, 2.24) is 15.1 Å². The fourth-order valence-electron chi connectivity index (χ4n) is 3.81. The van der Waals surface area contributed by atoms with Crippen LogP contribution in [0.2, 0.25) is 0 Å². The molecule has 0 radical (unpaired) electrons. The van der Waals surface area contributed by atoms with E-state index in [4.69, 9.17) is 0 Å². The highest BCUT2D eigenvalue weighted by Gasteiger charge is 2.40. The van der Waals surface area contributed by atoms with Crippen LogP contribution in [0.25, 0.3) is 0 Å². The van der Waals surface area contributed by atoms with Crippen molar-refractivity contribution < 1.29 is 0 Å². The van der Waals surface area contributed by atoms with E-state index in [1.54, 1.807) is 0 Å². The minimum Gasteiger partial charge on any atom is -0.354 e. The van der Waals surface area contributed by atoms with E-state index in [-0.39, 0.29) is 0 Å². The van der Waals surface area contributed by atoms with E-state index in [2.05, 4.69) is 62.5 Å². The molecule has 1 aromatic heterocycles. The predicted molar refractivity (Wildman–Crippen MR) is 87.7 cm³/mol. The summed E-state index contributed by atoms with van der Waals surface area (Å²) in [7, 11) is 0. The maximum atomic E-state index is 4.34. The summed E-state index contributed by atoms with van der Waals surface area (Å²) in [5, 5.41) is 8.52. The summed E-state index contributed by atoms with van der Waals surface area (Å²) in [6.45, 7) is 7.71. The number of fused-ring (bicyclic) bond motifs is 1. The Kier molecular flexibility index (Phi) is 3.54. The summed E-state index contributed by atoms with van der Waals surface area (Å²) in [5.74, 6) is 2.58. The van der Waals surface area contributed by atoms with E-state index >= 15 is 0 Å². The second-order valence-corrected chi connectivity index (χ2v) is 6.64. The number of benzene rings is 1. The van der Waals surface area contributed by atoms with Gasteiger partial charge in [0.1, 0.15) is 0 Å². The second-order valence-electron chi connectivity index (χ2n) is 6.64. The molecular weight excluding hydrogens is 272 g/mol. The minimum absolute atomic E-state index is 0.770. The standard InChI is InChI=1S/C18H22N4/c1-14-7-8-18(20-19-14)22-12-16-10-21(11-17(16)13-22)9-15-5-3-2-4-6-15/h2-8,16-17H,9-13H2,1H3/t16-,17+. The van der Waals surface area contributed by atoms with Gasteiger partial charge < -0.3 is 4.90 Å². The molecule has 4 nitrogen and oxygen atoms in total. The summed E-state index contributed by atoms with van der Waals surface area (Å²) >= 11 is 0. The maximum Gasteiger partial charge on any atom is 0.151 e. The van der Waals surface area contributed by atoms with Gasteiger partial charge in [0.15, 0.2) is 5.82 Å². The summed E-state index contributed by atoms with van der Waals surface area (Å²) < 4.78 is 0. The Morgan fingerprint density at radius 1 is 0.909 bits per heavy atom. The first-order valence-electron chi connectivity index (χ1n) is 8.09. The van der Waals surface area contributed by atoms with E-state index < -0.39 is 0 Å². The van der Waals surface area contributed by atoms with Gasteiger partial charge in [-0.3, -0.25) is 4.90 Å². The highest BCUT2D eigenvalue weighted by Crippen LogP contribution is 2.33. The van der Waals surface area contributed by atoms with Crippen LogP contribution in [-0.4, -0.2) is 41.3 Å².